The van der Waals surface area contributed by atoms with Crippen LogP contribution >= 0.6 is 0 Å². The SMILES string of the molecule is CC([O])(c1ccccc1)C1CC1. The van der Waals surface area contributed by atoms with E-state index < -0.39 is 5.60 Å². The molecular weight excluding hydrogens is 148 g/mol. The summed E-state index contributed by atoms with van der Waals surface area (Å²) in [6.07, 6.45) is 2.21. The molecule has 63 valence electrons. The molecule has 1 heteroatoms. The first-order chi connectivity index (χ1) is 5.71. The second kappa shape index (κ2) is 2.60. The van der Waals surface area contributed by atoms with Crippen LogP contribution in [0.2, 0.25) is 0 Å². The van der Waals surface area contributed by atoms with Crippen molar-refractivity contribution in [2.45, 2.75) is 25.4 Å². The molecule has 1 nitrogen and oxygen atoms in total. The van der Waals surface area contributed by atoms with Crippen LogP contribution in [0.5, 0.6) is 0 Å². The van der Waals surface area contributed by atoms with Gasteiger partial charge in [-0.2, -0.15) is 0 Å². The summed E-state index contributed by atoms with van der Waals surface area (Å²) in [4.78, 5) is 0. The Balaban J connectivity index is 2.28. The zero-order valence-corrected chi connectivity index (χ0v) is 7.29. The van der Waals surface area contributed by atoms with Crippen molar-refractivity contribution in [3.63, 3.8) is 0 Å². The van der Waals surface area contributed by atoms with Crippen LogP contribution in [-0.4, -0.2) is 0 Å². The third kappa shape index (κ3) is 1.25. The first-order valence-electron chi connectivity index (χ1n) is 4.47. The smallest absolute Gasteiger partial charge is 0.128 e. The van der Waals surface area contributed by atoms with Gasteiger partial charge in [0.05, 0.1) is 0 Å². The summed E-state index contributed by atoms with van der Waals surface area (Å²) < 4.78 is 0. The van der Waals surface area contributed by atoms with Gasteiger partial charge in [0.25, 0.3) is 0 Å². The van der Waals surface area contributed by atoms with E-state index in [0.717, 1.165) is 18.4 Å². The van der Waals surface area contributed by atoms with E-state index in [1.54, 1.807) is 6.92 Å². The summed E-state index contributed by atoms with van der Waals surface area (Å²) >= 11 is 0. The van der Waals surface area contributed by atoms with E-state index in [4.69, 9.17) is 0 Å². The van der Waals surface area contributed by atoms with E-state index in [1.807, 2.05) is 30.3 Å². The van der Waals surface area contributed by atoms with Gasteiger partial charge in [-0.1, -0.05) is 30.3 Å². The van der Waals surface area contributed by atoms with Crippen LogP contribution in [0.25, 0.3) is 0 Å². The summed E-state index contributed by atoms with van der Waals surface area (Å²) in [5.41, 5.74) is 0.0915. The molecule has 1 fully saturated rings. The summed E-state index contributed by atoms with van der Waals surface area (Å²) in [5, 5.41) is 12.1. The molecule has 0 N–H and O–H groups in total. The monoisotopic (exact) mass is 161 g/mol. The van der Waals surface area contributed by atoms with E-state index in [1.165, 1.54) is 0 Å². The molecule has 0 amide bonds. The summed E-state index contributed by atoms with van der Waals surface area (Å²) in [5.74, 6) is 0.375. The highest BCUT2D eigenvalue weighted by Crippen LogP contribution is 2.45. The van der Waals surface area contributed by atoms with Crippen molar-refractivity contribution in [1.29, 1.82) is 0 Å². The molecule has 0 aromatic heterocycles. The van der Waals surface area contributed by atoms with Crippen molar-refractivity contribution >= 4 is 0 Å². The number of hydrogen-bond acceptors (Lipinski definition) is 0. The Hall–Kier alpha value is -0.820. The van der Waals surface area contributed by atoms with Crippen LogP contribution in [0.3, 0.4) is 0 Å². The van der Waals surface area contributed by atoms with Crippen molar-refractivity contribution in [3.05, 3.63) is 35.9 Å². The van der Waals surface area contributed by atoms with E-state index in [2.05, 4.69) is 0 Å². The predicted octanol–water partition coefficient (Wildman–Crippen LogP) is 2.74. The van der Waals surface area contributed by atoms with Crippen molar-refractivity contribution in [1.82, 2.24) is 0 Å². The average molecular weight is 161 g/mol. The van der Waals surface area contributed by atoms with Gasteiger partial charge in [-0.25, -0.2) is 5.11 Å². The van der Waals surface area contributed by atoms with Crippen LogP contribution in [0, 0.1) is 5.92 Å². The van der Waals surface area contributed by atoms with E-state index in [0.29, 0.717) is 5.92 Å². The quantitative estimate of drug-likeness (QED) is 0.635. The Kier molecular flexibility index (Phi) is 1.69. The number of rotatable bonds is 2. The van der Waals surface area contributed by atoms with Gasteiger partial charge in [-0.3, -0.25) is 0 Å². The Labute approximate surface area is 73.0 Å². The standard InChI is InChI=1S/C11H13O/c1-11(12,10-7-8-10)9-5-3-2-4-6-9/h2-6,10H,7-8H2,1H3. The minimum Gasteiger partial charge on any atom is -0.224 e. The van der Waals surface area contributed by atoms with Gasteiger partial charge in [0.1, 0.15) is 5.60 Å². The highest BCUT2D eigenvalue weighted by Gasteiger charge is 2.42. The normalized spacial score (nSPS) is 21.8. The average Bonchev–Trinajstić information content (AvgIpc) is 2.88. The van der Waals surface area contributed by atoms with Gasteiger partial charge >= 0.3 is 0 Å². The molecule has 1 saturated carbocycles. The molecule has 1 unspecified atom stereocenters. The lowest BCUT2D eigenvalue weighted by Gasteiger charge is -2.20. The van der Waals surface area contributed by atoms with Crippen LogP contribution < -0.4 is 0 Å². The zero-order chi connectivity index (χ0) is 8.60. The van der Waals surface area contributed by atoms with Gasteiger partial charge < -0.3 is 0 Å². The van der Waals surface area contributed by atoms with Crippen molar-refractivity contribution in [3.8, 4) is 0 Å². The molecular formula is C11H13O. The topological polar surface area (TPSA) is 19.9 Å². The lowest BCUT2D eigenvalue weighted by molar-refractivity contribution is -0.0382. The molecule has 1 aliphatic carbocycles. The molecule has 12 heavy (non-hydrogen) atoms. The fourth-order valence-electron chi connectivity index (χ4n) is 1.64. The highest BCUT2D eigenvalue weighted by molar-refractivity contribution is 5.23. The maximum Gasteiger partial charge on any atom is 0.128 e. The molecule has 0 spiro atoms. The largest absolute Gasteiger partial charge is 0.224 e. The highest BCUT2D eigenvalue weighted by atomic mass is 16.3. The van der Waals surface area contributed by atoms with Gasteiger partial charge in [0.2, 0.25) is 0 Å². The van der Waals surface area contributed by atoms with Crippen molar-refractivity contribution in [2.75, 3.05) is 0 Å². The Morgan fingerprint density at radius 3 is 2.33 bits per heavy atom. The van der Waals surface area contributed by atoms with E-state index >= 15 is 0 Å². The minimum atomic E-state index is -0.846. The van der Waals surface area contributed by atoms with Crippen molar-refractivity contribution < 1.29 is 5.11 Å². The fraction of sp³-hybridized carbons (Fsp3) is 0.455. The molecule has 0 saturated heterocycles. The first kappa shape index (κ1) is 7.81. The Morgan fingerprint density at radius 1 is 1.25 bits per heavy atom. The maximum absolute atomic E-state index is 12.1. The number of hydrogen-bond donors (Lipinski definition) is 0. The molecule has 0 aliphatic heterocycles. The lowest BCUT2D eigenvalue weighted by atomic mass is 9.91. The number of benzene rings is 1. The fourth-order valence-corrected chi connectivity index (χ4v) is 1.64. The van der Waals surface area contributed by atoms with E-state index in [-0.39, 0.29) is 0 Å². The van der Waals surface area contributed by atoms with E-state index in [9.17, 15) is 5.11 Å². The summed E-state index contributed by atoms with van der Waals surface area (Å²) in [6.45, 7) is 1.81. The van der Waals surface area contributed by atoms with Crippen molar-refractivity contribution in [2.24, 2.45) is 5.92 Å². The van der Waals surface area contributed by atoms with Crippen LogP contribution in [0.1, 0.15) is 25.3 Å². The maximum atomic E-state index is 12.1. The lowest BCUT2D eigenvalue weighted by Crippen LogP contribution is -2.21. The third-order valence-corrected chi connectivity index (χ3v) is 2.70. The van der Waals surface area contributed by atoms with Gasteiger partial charge in [-0.15, -0.1) is 0 Å². The van der Waals surface area contributed by atoms with Crippen LogP contribution in [0.4, 0.5) is 0 Å². The molecule has 1 atom stereocenters. The van der Waals surface area contributed by atoms with Gasteiger partial charge in [-0.05, 0) is 31.2 Å². The zero-order valence-electron chi connectivity index (χ0n) is 7.29. The Bertz CT molecular complexity index is 260. The predicted molar refractivity (Wildman–Crippen MR) is 47.2 cm³/mol. The third-order valence-electron chi connectivity index (χ3n) is 2.70. The second-order valence-corrected chi connectivity index (χ2v) is 3.75. The molecule has 2 rings (SSSR count). The minimum absolute atomic E-state index is 0.375. The molecule has 0 heterocycles. The summed E-state index contributed by atoms with van der Waals surface area (Å²) in [6, 6.07) is 9.70. The van der Waals surface area contributed by atoms with Crippen LogP contribution in [-0.2, 0) is 10.7 Å². The molecule has 1 aromatic carbocycles. The second-order valence-electron chi connectivity index (χ2n) is 3.75. The van der Waals surface area contributed by atoms with Gasteiger partial charge in [0.15, 0.2) is 0 Å². The Morgan fingerprint density at radius 2 is 1.83 bits per heavy atom. The molecule has 0 bridgehead atoms. The molecule has 1 aromatic rings. The molecule has 1 radical (unpaired) electrons. The first-order valence-corrected chi connectivity index (χ1v) is 4.47. The van der Waals surface area contributed by atoms with Gasteiger partial charge in [0, 0.05) is 0 Å². The van der Waals surface area contributed by atoms with Crippen LogP contribution in [0.15, 0.2) is 30.3 Å². The summed E-state index contributed by atoms with van der Waals surface area (Å²) in [7, 11) is 0. The molecule has 1 aliphatic rings.